The quantitative estimate of drug-likeness (QED) is 0.388. The number of halogens is 2. The van der Waals surface area contributed by atoms with Crippen LogP contribution < -0.4 is 26.4 Å². The molecule has 35 heavy (non-hydrogen) atoms. The van der Waals surface area contributed by atoms with Crippen molar-refractivity contribution in [2.75, 3.05) is 23.3 Å². The van der Waals surface area contributed by atoms with Crippen molar-refractivity contribution < 1.29 is 13.6 Å². The van der Waals surface area contributed by atoms with Gasteiger partial charge in [0.2, 0.25) is 11.6 Å². The third-order valence-corrected chi connectivity index (χ3v) is 5.88. The number of hydrogen-bond donors (Lipinski definition) is 4. The van der Waals surface area contributed by atoms with Gasteiger partial charge in [0, 0.05) is 30.5 Å². The van der Waals surface area contributed by atoms with Gasteiger partial charge in [-0.25, -0.2) is 28.9 Å². The number of nitrogens with zero attached hydrogens (tertiary/aromatic N) is 6. The van der Waals surface area contributed by atoms with Gasteiger partial charge in [0.1, 0.15) is 5.82 Å². The number of aryl methyl sites for hydroxylation is 1. The minimum absolute atomic E-state index is 0.0267. The topological polar surface area (TPSA) is 125 Å². The largest absolute Gasteiger partial charge is 0.353 e. The molecule has 1 amide bonds. The van der Waals surface area contributed by atoms with Crippen molar-refractivity contribution in [3.8, 4) is 5.82 Å². The summed E-state index contributed by atoms with van der Waals surface area (Å²) in [7, 11) is 0. The van der Waals surface area contributed by atoms with E-state index in [0.29, 0.717) is 29.2 Å². The fraction of sp³-hybridized carbons (Fsp3) is 0.409. The van der Waals surface area contributed by atoms with Crippen molar-refractivity contribution in [2.45, 2.75) is 44.7 Å². The monoisotopic (exact) mass is 484 g/mol. The van der Waals surface area contributed by atoms with Gasteiger partial charge in [-0.3, -0.25) is 10.2 Å². The lowest BCUT2D eigenvalue weighted by Gasteiger charge is -2.43. The lowest BCUT2D eigenvalue weighted by molar-refractivity contribution is -0.134. The second-order valence-electron chi connectivity index (χ2n) is 8.95. The first-order valence-electron chi connectivity index (χ1n) is 11.3. The Bertz CT molecular complexity index is 1210. The predicted octanol–water partition coefficient (Wildman–Crippen LogP) is 0.974. The fourth-order valence-electron chi connectivity index (χ4n) is 4.02. The number of hydrazine groups is 1. The molecule has 2 aliphatic heterocycles. The predicted molar refractivity (Wildman–Crippen MR) is 124 cm³/mol. The van der Waals surface area contributed by atoms with E-state index in [2.05, 4.69) is 48.5 Å². The van der Waals surface area contributed by atoms with Gasteiger partial charge in [-0.15, -0.1) is 0 Å². The summed E-state index contributed by atoms with van der Waals surface area (Å²) in [6.45, 7) is 3.76. The van der Waals surface area contributed by atoms with Gasteiger partial charge < -0.3 is 15.5 Å². The molecule has 2 fully saturated rings. The molecule has 0 aliphatic carbocycles. The normalized spacial score (nSPS) is 21.0. The average Bonchev–Trinajstić information content (AvgIpc) is 3.43. The van der Waals surface area contributed by atoms with Crippen molar-refractivity contribution >= 4 is 17.7 Å². The van der Waals surface area contributed by atoms with Crippen molar-refractivity contribution in [1.82, 2.24) is 40.9 Å². The summed E-state index contributed by atoms with van der Waals surface area (Å²) in [5.41, 5.74) is 5.67. The summed E-state index contributed by atoms with van der Waals surface area (Å²) in [5, 5.41) is 9.77. The number of anilines is 2. The van der Waals surface area contributed by atoms with Crippen LogP contribution in [0, 0.1) is 12.7 Å². The molecule has 184 valence electrons. The highest BCUT2D eigenvalue weighted by atomic mass is 19.1. The number of amides is 1. The van der Waals surface area contributed by atoms with E-state index in [4.69, 9.17) is 0 Å². The summed E-state index contributed by atoms with van der Waals surface area (Å²) in [5.74, 6) is 0.278. The van der Waals surface area contributed by atoms with E-state index in [9.17, 15) is 9.18 Å². The highest BCUT2D eigenvalue weighted by Gasteiger charge is 2.51. The van der Waals surface area contributed by atoms with Crippen LogP contribution in [-0.4, -0.2) is 61.6 Å². The third kappa shape index (κ3) is 5.05. The van der Waals surface area contributed by atoms with Crippen LogP contribution in [0.4, 0.5) is 20.5 Å². The number of rotatable bonds is 7. The molecule has 0 radical (unpaired) electrons. The van der Waals surface area contributed by atoms with E-state index in [1.807, 2.05) is 13.0 Å². The van der Waals surface area contributed by atoms with Crippen LogP contribution in [0.2, 0.25) is 0 Å². The van der Waals surface area contributed by atoms with Crippen LogP contribution >= 0.6 is 0 Å². The van der Waals surface area contributed by atoms with E-state index in [1.165, 1.54) is 17.1 Å². The Balaban J connectivity index is 1.15. The SMILES string of the molecule is Cc1cc(NC2CC(C)NN2)nc(N2CC(F)(C(=O)NCc3ccc(-n4cc(F)cn4)nc3)C2)n1. The number of carbonyl (C=O) groups is 1. The molecule has 2 saturated heterocycles. The van der Waals surface area contributed by atoms with E-state index >= 15 is 4.39 Å². The molecule has 3 aromatic heterocycles. The third-order valence-electron chi connectivity index (χ3n) is 5.88. The van der Waals surface area contributed by atoms with Gasteiger partial charge in [0.05, 0.1) is 31.6 Å². The molecule has 5 heterocycles. The van der Waals surface area contributed by atoms with E-state index < -0.39 is 17.4 Å². The first kappa shape index (κ1) is 23.1. The Morgan fingerprint density at radius 2 is 2.09 bits per heavy atom. The van der Waals surface area contributed by atoms with Crippen LogP contribution in [0.3, 0.4) is 0 Å². The molecular formula is C22H26F2N10O. The Hall–Kier alpha value is -3.71. The Morgan fingerprint density at radius 1 is 1.26 bits per heavy atom. The Kier molecular flexibility index (Phi) is 6.03. The maximum Gasteiger partial charge on any atom is 0.261 e. The molecule has 0 bridgehead atoms. The molecule has 13 heteroatoms. The molecule has 5 rings (SSSR count). The smallest absolute Gasteiger partial charge is 0.261 e. The molecule has 0 spiro atoms. The zero-order valence-corrected chi connectivity index (χ0v) is 19.3. The highest BCUT2D eigenvalue weighted by molar-refractivity contribution is 5.88. The summed E-state index contributed by atoms with van der Waals surface area (Å²) < 4.78 is 29.6. The van der Waals surface area contributed by atoms with Gasteiger partial charge in [-0.05, 0) is 31.9 Å². The fourth-order valence-corrected chi connectivity index (χ4v) is 4.02. The minimum Gasteiger partial charge on any atom is -0.353 e. The molecule has 2 aliphatic rings. The molecule has 0 aromatic carbocycles. The number of nitrogens with one attached hydrogen (secondary N) is 4. The maximum atomic E-state index is 15.2. The Labute approximate surface area is 200 Å². The standard InChI is InChI=1S/C22H26F2N10O/c1-13-5-17(29-18-6-14(2)31-32-18)30-21(28-13)33-11-22(24,12-33)20(35)26-8-15-3-4-19(25-7-15)34-10-16(23)9-27-34/h3-5,7,9-10,14,18,31-32H,6,8,11-12H2,1-2H3,(H,26,35)(H,28,29,30). The van der Waals surface area contributed by atoms with Gasteiger partial charge in [-0.1, -0.05) is 6.07 Å². The molecule has 2 unspecified atom stereocenters. The number of hydrogen-bond acceptors (Lipinski definition) is 9. The zero-order chi connectivity index (χ0) is 24.6. The van der Waals surface area contributed by atoms with Crippen LogP contribution in [0.5, 0.6) is 0 Å². The lowest BCUT2D eigenvalue weighted by atomic mass is 9.95. The summed E-state index contributed by atoms with van der Waals surface area (Å²) in [6, 6.07) is 5.52. The maximum absolute atomic E-state index is 15.2. The summed E-state index contributed by atoms with van der Waals surface area (Å²) in [6.07, 6.45) is 4.73. The summed E-state index contributed by atoms with van der Waals surface area (Å²) >= 11 is 0. The first-order chi connectivity index (χ1) is 16.8. The molecule has 2 atom stereocenters. The van der Waals surface area contributed by atoms with Gasteiger partial charge in [0.15, 0.2) is 11.6 Å². The summed E-state index contributed by atoms with van der Waals surface area (Å²) in [4.78, 5) is 27.3. The van der Waals surface area contributed by atoms with Crippen molar-refractivity contribution in [2.24, 2.45) is 0 Å². The molecular weight excluding hydrogens is 458 g/mol. The van der Waals surface area contributed by atoms with Gasteiger partial charge in [0.25, 0.3) is 5.91 Å². The Morgan fingerprint density at radius 3 is 2.74 bits per heavy atom. The molecule has 0 saturated carbocycles. The van der Waals surface area contributed by atoms with E-state index in [1.54, 1.807) is 17.0 Å². The second-order valence-corrected chi connectivity index (χ2v) is 8.95. The zero-order valence-electron chi connectivity index (χ0n) is 19.3. The lowest BCUT2D eigenvalue weighted by Crippen LogP contribution is -2.66. The van der Waals surface area contributed by atoms with Crippen molar-refractivity contribution in [1.29, 1.82) is 0 Å². The van der Waals surface area contributed by atoms with Crippen LogP contribution in [0.1, 0.15) is 24.6 Å². The molecule has 4 N–H and O–H groups in total. The number of aromatic nitrogens is 5. The van der Waals surface area contributed by atoms with Crippen LogP contribution in [0.25, 0.3) is 5.82 Å². The van der Waals surface area contributed by atoms with Gasteiger partial charge in [-0.2, -0.15) is 10.1 Å². The highest BCUT2D eigenvalue weighted by Crippen LogP contribution is 2.30. The van der Waals surface area contributed by atoms with E-state index in [0.717, 1.165) is 18.3 Å². The van der Waals surface area contributed by atoms with Gasteiger partial charge >= 0.3 is 0 Å². The van der Waals surface area contributed by atoms with Crippen molar-refractivity contribution in [3.05, 3.63) is 53.9 Å². The first-order valence-corrected chi connectivity index (χ1v) is 11.3. The molecule has 11 nitrogen and oxygen atoms in total. The van der Waals surface area contributed by atoms with E-state index in [-0.39, 0.29) is 25.8 Å². The van der Waals surface area contributed by atoms with Crippen molar-refractivity contribution in [3.63, 3.8) is 0 Å². The molecule has 3 aromatic rings. The number of carbonyl (C=O) groups excluding carboxylic acids is 1. The minimum atomic E-state index is -2.03. The van der Waals surface area contributed by atoms with Crippen LogP contribution in [0.15, 0.2) is 36.8 Å². The number of alkyl halides is 1. The average molecular weight is 485 g/mol. The second kappa shape index (κ2) is 9.15. The number of pyridine rings is 1. The van der Waals surface area contributed by atoms with Crippen LogP contribution in [-0.2, 0) is 11.3 Å².